The molecule has 2 unspecified atom stereocenters. The summed E-state index contributed by atoms with van der Waals surface area (Å²) < 4.78 is 0. The van der Waals surface area contributed by atoms with Crippen LogP contribution in [0.4, 0.5) is 5.82 Å². The molecule has 0 bridgehead atoms. The van der Waals surface area contributed by atoms with Gasteiger partial charge in [-0.15, -0.1) is 0 Å². The van der Waals surface area contributed by atoms with E-state index in [9.17, 15) is 0 Å². The Morgan fingerprint density at radius 2 is 2.44 bits per heavy atom. The molecule has 0 saturated heterocycles. The number of hydrogen-bond acceptors (Lipinski definition) is 4. The van der Waals surface area contributed by atoms with Crippen molar-refractivity contribution < 1.29 is 0 Å². The molecule has 0 aromatic carbocycles. The standard InChI is InChI=1S/C10H12ClN5/c1-2-5-3-6(5)14-9-7-8(13-4-12-7)15-10(11)16-9/h4-6H,2-3H2,1H3,(H2,12,13,14,15,16). The number of halogens is 1. The topological polar surface area (TPSA) is 66.5 Å². The van der Waals surface area contributed by atoms with Crippen LogP contribution in [0.25, 0.3) is 11.2 Å². The van der Waals surface area contributed by atoms with Gasteiger partial charge in [-0.2, -0.15) is 9.97 Å². The van der Waals surface area contributed by atoms with Gasteiger partial charge in [-0.25, -0.2) is 4.98 Å². The molecule has 0 spiro atoms. The lowest BCUT2D eigenvalue weighted by molar-refractivity contribution is 0.773. The second-order valence-electron chi connectivity index (χ2n) is 4.10. The van der Waals surface area contributed by atoms with E-state index >= 15 is 0 Å². The molecular weight excluding hydrogens is 226 g/mol. The number of nitrogens with zero attached hydrogens (tertiary/aromatic N) is 3. The average Bonchev–Trinajstić information content (AvgIpc) is 2.83. The monoisotopic (exact) mass is 237 g/mol. The van der Waals surface area contributed by atoms with Crippen molar-refractivity contribution in [1.82, 2.24) is 19.9 Å². The molecule has 2 N–H and O–H groups in total. The SMILES string of the molecule is CCC1CC1Nc1nc(Cl)nc2nc[nH]c12. The summed E-state index contributed by atoms with van der Waals surface area (Å²) >= 11 is 5.84. The maximum Gasteiger partial charge on any atom is 0.226 e. The number of rotatable bonds is 3. The molecule has 1 aliphatic rings. The van der Waals surface area contributed by atoms with E-state index in [0.29, 0.717) is 11.7 Å². The van der Waals surface area contributed by atoms with Gasteiger partial charge < -0.3 is 10.3 Å². The van der Waals surface area contributed by atoms with Gasteiger partial charge in [-0.05, 0) is 23.9 Å². The van der Waals surface area contributed by atoms with E-state index in [-0.39, 0.29) is 5.28 Å². The molecule has 16 heavy (non-hydrogen) atoms. The zero-order valence-corrected chi connectivity index (χ0v) is 9.62. The van der Waals surface area contributed by atoms with Crippen LogP contribution in [-0.2, 0) is 0 Å². The summed E-state index contributed by atoms with van der Waals surface area (Å²) in [5.41, 5.74) is 1.43. The number of nitrogens with one attached hydrogen (secondary N) is 2. The van der Waals surface area contributed by atoms with Crippen LogP contribution >= 0.6 is 11.6 Å². The highest BCUT2D eigenvalue weighted by Crippen LogP contribution is 2.36. The molecule has 5 nitrogen and oxygen atoms in total. The Labute approximate surface area is 97.7 Å². The number of anilines is 1. The van der Waals surface area contributed by atoms with Gasteiger partial charge in [0.2, 0.25) is 5.28 Å². The number of imidazole rings is 1. The lowest BCUT2D eigenvalue weighted by atomic mass is 10.3. The van der Waals surface area contributed by atoms with Gasteiger partial charge in [0, 0.05) is 6.04 Å². The summed E-state index contributed by atoms with van der Waals surface area (Å²) in [7, 11) is 0. The van der Waals surface area contributed by atoms with Crippen molar-refractivity contribution in [3.05, 3.63) is 11.6 Å². The van der Waals surface area contributed by atoms with Crippen molar-refractivity contribution in [2.24, 2.45) is 5.92 Å². The van der Waals surface area contributed by atoms with Gasteiger partial charge in [0.25, 0.3) is 0 Å². The predicted octanol–water partition coefficient (Wildman–Crippen LogP) is 2.22. The van der Waals surface area contributed by atoms with Crippen LogP contribution in [0.3, 0.4) is 0 Å². The van der Waals surface area contributed by atoms with Crippen molar-refractivity contribution in [2.75, 3.05) is 5.32 Å². The first kappa shape index (κ1) is 9.84. The minimum atomic E-state index is 0.232. The molecule has 3 rings (SSSR count). The fourth-order valence-corrected chi connectivity index (χ4v) is 2.13. The summed E-state index contributed by atoms with van der Waals surface area (Å²) in [6.45, 7) is 2.20. The highest BCUT2D eigenvalue weighted by molar-refractivity contribution is 6.28. The van der Waals surface area contributed by atoms with Gasteiger partial charge in [0.15, 0.2) is 11.5 Å². The second kappa shape index (κ2) is 3.59. The highest BCUT2D eigenvalue weighted by Gasteiger charge is 2.35. The third kappa shape index (κ3) is 1.61. The van der Waals surface area contributed by atoms with Crippen LogP contribution in [-0.4, -0.2) is 26.0 Å². The molecule has 84 valence electrons. The molecule has 0 aliphatic heterocycles. The molecule has 1 fully saturated rings. The number of aromatic nitrogens is 4. The first-order valence-corrected chi connectivity index (χ1v) is 5.79. The zero-order chi connectivity index (χ0) is 11.1. The van der Waals surface area contributed by atoms with Gasteiger partial charge in [0.1, 0.15) is 5.52 Å². The molecule has 2 atom stereocenters. The molecular formula is C10H12ClN5. The number of H-pyrrole nitrogens is 1. The zero-order valence-electron chi connectivity index (χ0n) is 8.87. The van der Waals surface area contributed by atoms with Crippen LogP contribution in [0.15, 0.2) is 6.33 Å². The van der Waals surface area contributed by atoms with Crippen molar-refractivity contribution in [1.29, 1.82) is 0 Å². The third-order valence-electron chi connectivity index (χ3n) is 3.03. The first-order chi connectivity index (χ1) is 7.78. The van der Waals surface area contributed by atoms with E-state index in [0.717, 1.165) is 17.3 Å². The molecule has 1 saturated carbocycles. The largest absolute Gasteiger partial charge is 0.365 e. The Bertz CT molecular complexity index is 523. The van der Waals surface area contributed by atoms with Crippen LogP contribution in [0.5, 0.6) is 0 Å². The highest BCUT2D eigenvalue weighted by atomic mass is 35.5. The quantitative estimate of drug-likeness (QED) is 0.804. The van der Waals surface area contributed by atoms with Crippen molar-refractivity contribution in [3.63, 3.8) is 0 Å². The molecule has 2 heterocycles. The Kier molecular flexibility index (Phi) is 2.21. The van der Waals surface area contributed by atoms with E-state index < -0.39 is 0 Å². The van der Waals surface area contributed by atoms with Gasteiger partial charge in [-0.3, -0.25) is 0 Å². The number of fused-ring (bicyclic) bond motifs is 1. The minimum absolute atomic E-state index is 0.232. The van der Waals surface area contributed by atoms with E-state index in [1.807, 2.05) is 0 Å². The van der Waals surface area contributed by atoms with E-state index in [4.69, 9.17) is 11.6 Å². The Balaban J connectivity index is 1.93. The molecule has 2 aromatic heterocycles. The minimum Gasteiger partial charge on any atom is -0.365 e. The van der Waals surface area contributed by atoms with Crippen molar-refractivity contribution >= 4 is 28.6 Å². The summed E-state index contributed by atoms with van der Waals surface area (Å²) in [6.07, 6.45) is 4.00. The second-order valence-corrected chi connectivity index (χ2v) is 4.44. The normalized spacial score (nSPS) is 23.6. The molecule has 0 amide bonds. The summed E-state index contributed by atoms with van der Waals surface area (Å²) in [5.74, 6) is 1.51. The van der Waals surface area contributed by atoms with Crippen molar-refractivity contribution in [2.45, 2.75) is 25.8 Å². The fourth-order valence-electron chi connectivity index (χ4n) is 1.96. The number of hydrogen-bond donors (Lipinski definition) is 2. The van der Waals surface area contributed by atoms with Crippen molar-refractivity contribution in [3.8, 4) is 0 Å². The van der Waals surface area contributed by atoms with Gasteiger partial charge in [0.05, 0.1) is 6.33 Å². The average molecular weight is 238 g/mol. The first-order valence-electron chi connectivity index (χ1n) is 5.41. The Hall–Kier alpha value is -1.36. The molecule has 2 aromatic rings. The Morgan fingerprint density at radius 1 is 1.56 bits per heavy atom. The summed E-state index contributed by atoms with van der Waals surface area (Å²) in [5, 5.41) is 3.61. The van der Waals surface area contributed by atoms with Crippen LogP contribution in [0.1, 0.15) is 19.8 Å². The molecule has 0 radical (unpaired) electrons. The lowest BCUT2D eigenvalue weighted by Gasteiger charge is -2.05. The predicted molar refractivity (Wildman–Crippen MR) is 62.5 cm³/mol. The smallest absolute Gasteiger partial charge is 0.226 e. The van der Waals surface area contributed by atoms with E-state index in [1.165, 1.54) is 12.8 Å². The Morgan fingerprint density at radius 3 is 3.19 bits per heavy atom. The fraction of sp³-hybridized carbons (Fsp3) is 0.500. The molecule has 1 aliphatic carbocycles. The maximum absolute atomic E-state index is 5.84. The third-order valence-corrected chi connectivity index (χ3v) is 3.20. The van der Waals surface area contributed by atoms with E-state index in [1.54, 1.807) is 6.33 Å². The lowest BCUT2D eigenvalue weighted by Crippen LogP contribution is -2.07. The van der Waals surface area contributed by atoms with Gasteiger partial charge in [-0.1, -0.05) is 13.3 Å². The van der Waals surface area contributed by atoms with Crippen LogP contribution < -0.4 is 5.32 Å². The molecule has 6 heteroatoms. The van der Waals surface area contributed by atoms with E-state index in [2.05, 4.69) is 32.2 Å². The number of aromatic amines is 1. The van der Waals surface area contributed by atoms with Crippen LogP contribution in [0, 0.1) is 5.92 Å². The summed E-state index contributed by atoms with van der Waals surface area (Å²) in [4.78, 5) is 15.3. The van der Waals surface area contributed by atoms with Gasteiger partial charge >= 0.3 is 0 Å². The van der Waals surface area contributed by atoms with Crippen LogP contribution in [0.2, 0.25) is 5.28 Å². The summed E-state index contributed by atoms with van der Waals surface area (Å²) in [6, 6.07) is 0.516. The maximum atomic E-state index is 5.84.